The molecule has 1 aromatic carbocycles. The lowest BCUT2D eigenvalue weighted by Crippen LogP contribution is -2.15. The Bertz CT molecular complexity index is 965. The van der Waals surface area contributed by atoms with Gasteiger partial charge in [-0.15, -0.1) is 0 Å². The molecule has 0 aliphatic carbocycles. The third-order valence-electron chi connectivity index (χ3n) is 2.87. The van der Waals surface area contributed by atoms with E-state index in [1.54, 1.807) is 0 Å². The number of benzene rings is 1. The van der Waals surface area contributed by atoms with Crippen molar-refractivity contribution in [3.63, 3.8) is 0 Å². The summed E-state index contributed by atoms with van der Waals surface area (Å²) in [6.45, 7) is -0.453. The van der Waals surface area contributed by atoms with Crippen molar-refractivity contribution in [2.45, 2.75) is 0 Å². The van der Waals surface area contributed by atoms with Crippen molar-refractivity contribution in [2.75, 3.05) is 11.9 Å². The molecule has 0 fully saturated rings. The van der Waals surface area contributed by atoms with Crippen LogP contribution in [0.25, 0.3) is 17.2 Å². The smallest absolute Gasteiger partial charge is 0.446 e. The van der Waals surface area contributed by atoms with E-state index in [9.17, 15) is 14.0 Å². The van der Waals surface area contributed by atoms with E-state index in [1.165, 1.54) is 12.1 Å². The SMILES string of the molecule is O=C(O)CNc1nonc1-c1noc(=O)n1-c1ccc(F)c(Br)c1. The second kappa shape index (κ2) is 6.23. The molecule has 0 unspecified atom stereocenters. The van der Waals surface area contributed by atoms with E-state index in [0.29, 0.717) is 0 Å². The lowest BCUT2D eigenvalue weighted by molar-refractivity contribution is -0.134. The van der Waals surface area contributed by atoms with Gasteiger partial charge in [0.05, 0.1) is 10.2 Å². The fourth-order valence-electron chi connectivity index (χ4n) is 1.86. The standard InChI is InChI=1S/C12H7BrFN5O5/c13-6-3-5(1-2-7(6)14)19-11(18-23-12(19)22)9-10(17-24-16-9)15-4-8(20)21/h1-3H,4H2,(H,15,17)(H,20,21). The summed E-state index contributed by atoms with van der Waals surface area (Å²) in [5.74, 6) is -2.63. The Labute approximate surface area is 140 Å². The summed E-state index contributed by atoms with van der Waals surface area (Å²) >= 11 is 3.02. The van der Waals surface area contributed by atoms with Crippen LogP contribution in [0.15, 0.2) is 36.6 Å². The van der Waals surface area contributed by atoms with Gasteiger partial charge in [0.15, 0.2) is 5.69 Å². The summed E-state index contributed by atoms with van der Waals surface area (Å²) in [5, 5.41) is 21.9. The Kier molecular flexibility index (Phi) is 4.12. The van der Waals surface area contributed by atoms with Gasteiger partial charge in [-0.3, -0.25) is 9.32 Å². The third kappa shape index (κ3) is 2.90. The Morgan fingerprint density at radius 2 is 2.17 bits per heavy atom. The number of carboxylic acids is 1. The average Bonchev–Trinajstić information content (AvgIpc) is 3.14. The zero-order valence-corrected chi connectivity index (χ0v) is 13.2. The molecule has 0 amide bonds. The van der Waals surface area contributed by atoms with E-state index in [0.717, 1.165) is 10.6 Å². The van der Waals surface area contributed by atoms with Crippen LogP contribution in [-0.4, -0.2) is 37.7 Å². The first kappa shape index (κ1) is 15.9. The maximum atomic E-state index is 13.4. The third-order valence-corrected chi connectivity index (χ3v) is 3.48. The van der Waals surface area contributed by atoms with Crippen molar-refractivity contribution in [1.82, 2.24) is 20.0 Å². The van der Waals surface area contributed by atoms with Gasteiger partial charge in [0.25, 0.3) is 0 Å². The number of hydrogen-bond acceptors (Lipinski definition) is 8. The zero-order chi connectivity index (χ0) is 17.3. The van der Waals surface area contributed by atoms with Gasteiger partial charge in [-0.2, -0.15) is 0 Å². The highest BCUT2D eigenvalue weighted by molar-refractivity contribution is 9.10. The number of halogens is 2. The van der Waals surface area contributed by atoms with Gasteiger partial charge in [0.1, 0.15) is 12.4 Å². The quantitative estimate of drug-likeness (QED) is 0.649. The monoisotopic (exact) mass is 399 g/mol. The Balaban J connectivity index is 2.08. The number of carbonyl (C=O) groups is 1. The van der Waals surface area contributed by atoms with E-state index in [2.05, 4.69) is 45.9 Å². The predicted molar refractivity (Wildman–Crippen MR) is 79.2 cm³/mol. The molecule has 0 atom stereocenters. The fourth-order valence-corrected chi connectivity index (χ4v) is 2.23. The van der Waals surface area contributed by atoms with Gasteiger partial charge in [0.2, 0.25) is 11.6 Å². The molecule has 10 nitrogen and oxygen atoms in total. The van der Waals surface area contributed by atoms with Crippen molar-refractivity contribution in [3.8, 4) is 17.2 Å². The second-order valence-corrected chi connectivity index (χ2v) is 5.27. The first-order valence-corrected chi connectivity index (χ1v) is 7.09. The second-order valence-electron chi connectivity index (χ2n) is 4.41. The van der Waals surface area contributed by atoms with Crippen molar-refractivity contribution in [2.24, 2.45) is 0 Å². The summed E-state index contributed by atoms with van der Waals surface area (Å²) in [4.78, 5) is 22.6. The molecule has 0 saturated carbocycles. The van der Waals surface area contributed by atoms with E-state index in [1.807, 2.05) is 0 Å². The lowest BCUT2D eigenvalue weighted by atomic mass is 10.3. The summed E-state index contributed by atoms with van der Waals surface area (Å²) in [6.07, 6.45) is 0. The molecular weight excluding hydrogens is 393 g/mol. The first-order valence-electron chi connectivity index (χ1n) is 6.30. The van der Waals surface area contributed by atoms with Crippen LogP contribution in [0.2, 0.25) is 0 Å². The molecule has 12 heteroatoms. The highest BCUT2D eigenvalue weighted by Crippen LogP contribution is 2.25. The number of anilines is 1. The van der Waals surface area contributed by atoms with Gasteiger partial charge in [-0.05, 0) is 44.4 Å². The number of carboxylic acid groups (broad SMARTS) is 1. The van der Waals surface area contributed by atoms with Crippen LogP contribution in [-0.2, 0) is 4.79 Å². The van der Waals surface area contributed by atoms with E-state index in [-0.39, 0.29) is 27.5 Å². The van der Waals surface area contributed by atoms with Crippen LogP contribution in [0, 0.1) is 5.82 Å². The molecule has 0 radical (unpaired) electrons. The van der Waals surface area contributed by atoms with Crippen molar-refractivity contribution < 1.29 is 23.4 Å². The maximum absolute atomic E-state index is 13.4. The lowest BCUT2D eigenvalue weighted by Gasteiger charge is -2.04. The van der Waals surface area contributed by atoms with Crippen LogP contribution in [0.5, 0.6) is 0 Å². The van der Waals surface area contributed by atoms with Gasteiger partial charge in [-0.1, -0.05) is 5.16 Å². The van der Waals surface area contributed by atoms with Crippen LogP contribution in [0.1, 0.15) is 0 Å². The Hall–Kier alpha value is -3.02. The highest BCUT2D eigenvalue weighted by atomic mass is 79.9. The van der Waals surface area contributed by atoms with Crippen molar-refractivity contribution in [1.29, 1.82) is 0 Å². The number of aliphatic carboxylic acids is 1. The van der Waals surface area contributed by atoms with Gasteiger partial charge in [0, 0.05) is 0 Å². The highest BCUT2D eigenvalue weighted by Gasteiger charge is 2.23. The molecular formula is C12H7BrFN5O5. The molecule has 2 heterocycles. The van der Waals surface area contributed by atoms with E-state index >= 15 is 0 Å². The normalized spacial score (nSPS) is 10.8. The van der Waals surface area contributed by atoms with Crippen molar-refractivity contribution >= 4 is 27.7 Å². The summed E-state index contributed by atoms with van der Waals surface area (Å²) in [5.41, 5.74) is 0.208. The molecule has 124 valence electrons. The molecule has 0 bridgehead atoms. The Morgan fingerprint density at radius 3 is 2.88 bits per heavy atom. The number of nitrogens with one attached hydrogen (secondary N) is 1. The molecule has 0 spiro atoms. The number of aromatic nitrogens is 4. The van der Waals surface area contributed by atoms with Gasteiger partial charge >= 0.3 is 11.7 Å². The summed E-state index contributed by atoms with van der Waals surface area (Å²) in [6, 6.07) is 3.82. The molecule has 2 N–H and O–H groups in total. The minimum absolute atomic E-state index is 0.0393. The van der Waals surface area contributed by atoms with Gasteiger partial charge < -0.3 is 10.4 Å². The van der Waals surface area contributed by atoms with Crippen LogP contribution in [0.3, 0.4) is 0 Å². The number of nitrogens with zero attached hydrogens (tertiary/aromatic N) is 4. The molecule has 0 aliphatic heterocycles. The minimum Gasteiger partial charge on any atom is -0.480 e. The molecule has 0 saturated heterocycles. The fraction of sp³-hybridized carbons (Fsp3) is 0.0833. The number of rotatable bonds is 5. The largest absolute Gasteiger partial charge is 0.480 e. The van der Waals surface area contributed by atoms with E-state index in [4.69, 9.17) is 5.11 Å². The molecule has 2 aromatic heterocycles. The van der Waals surface area contributed by atoms with E-state index < -0.39 is 24.1 Å². The molecule has 24 heavy (non-hydrogen) atoms. The average molecular weight is 400 g/mol. The summed E-state index contributed by atoms with van der Waals surface area (Å²) < 4.78 is 23.7. The minimum atomic E-state index is -1.14. The zero-order valence-electron chi connectivity index (χ0n) is 11.6. The first-order chi connectivity index (χ1) is 11.5. The maximum Gasteiger partial charge on any atom is 0.446 e. The molecule has 3 aromatic rings. The van der Waals surface area contributed by atoms with Crippen LogP contribution < -0.4 is 11.1 Å². The summed E-state index contributed by atoms with van der Waals surface area (Å²) in [7, 11) is 0. The molecule has 3 rings (SSSR count). The van der Waals surface area contributed by atoms with Gasteiger partial charge in [-0.25, -0.2) is 18.4 Å². The number of hydrogen-bond donors (Lipinski definition) is 2. The predicted octanol–water partition coefficient (Wildman–Crippen LogP) is 1.27. The Morgan fingerprint density at radius 1 is 1.38 bits per heavy atom. The van der Waals surface area contributed by atoms with Crippen molar-refractivity contribution in [3.05, 3.63) is 39.0 Å². The topological polar surface area (TPSA) is 136 Å². The van der Waals surface area contributed by atoms with Crippen LogP contribution >= 0.6 is 15.9 Å². The molecule has 0 aliphatic rings. The van der Waals surface area contributed by atoms with Crippen LogP contribution in [0.4, 0.5) is 10.2 Å².